The summed E-state index contributed by atoms with van der Waals surface area (Å²) in [6, 6.07) is 10.6. The molecule has 5 nitrogen and oxygen atoms in total. The number of imide groups is 1. The third kappa shape index (κ3) is 3.31. The largest absolute Gasteiger partial charge is 0.443 e. The van der Waals surface area contributed by atoms with Crippen LogP contribution >= 0.6 is 0 Å². The molecule has 0 spiro atoms. The van der Waals surface area contributed by atoms with Crippen LogP contribution in [0.1, 0.15) is 39.3 Å². The summed E-state index contributed by atoms with van der Waals surface area (Å²) in [5.41, 5.74) is 0.678. The molecule has 2 aliphatic rings. The zero-order valence-corrected chi connectivity index (χ0v) is 14.9. The van der Waals surface area contributed by atoms with Crippen LogP contribution in [-0.4, -0.2) is 47.0 Å². The van der Waals surface area contributed by atoms with Gasteiger partial charge in [-0.1, -0.05) is 30.3 Å². The lowest BCUT2D eigenvalue weighted by molar-refractivity contribution is -0.130. The maximum absolute atomic E-state index is 12.6. The Labute approximate surface area is 143 Å². The summed E-state index contributed by atoms with van der Waals surface area (Å²) in [6.45, 7) is 9.63. The second-order valence-electron chi connectivity index (χ2n) is 7.84. The van der Waals surface area contributed by atoms with Crippen molar-refractivity contribution in [2.24, 2.45) is 11.8 Å². The molecule has 130 valence electrons. The summed E-state index contributed by atoms with van der Waals surface area (Å²) in [6.07, 6.45) is -0.510. The van der Waals surface area contributed by atoms with Crippen LogP contribution < -0.4 is 0 Å². The fourth-order valence-corrected chi connectivity index (χ4v) is 3.63. The minimum atomic E-state index is -0.580. The zero-order valence-electron chi connectivity index (χ0n) is 14.9. The van der Waals surface area contributed by atoms with Crippen LogP contribution in [0, 0.1) is 11.8 Å². The molecule has 0 N–H and O–H groups in total. The lowest BCUT2D eigenvalue weighted by Crippen LogP contribution is -2.40. The first-order valence-electron chi connectivity index (χ1n) is 8.59. The van der Waals surface area contributed by atoms with Gasteiger partial charge in [0.25, 0.3) is 0 Å². The Bertz CT molecular complexity index is 623. The van der Waals surface area contributed by atoms with Crippen molar-refractivity contribution in [2.45, 2.75) is 39.3 Å². The smallest absolute Gasteiger partial charge is 0.417 e. The lowest BCUT2D eigenvalue weighted by atomic mass is 10.0. The summed E-state index contributed by atoms with van der Waals surface area (Å²) >= 11 is 0. The highest BCUT2D eigenvalue weighted by Crippen LogP contribution is 2.37. The van der Waals surface area contributed by atoms with E-state index in [2.05, 4.69) is 24.0 Å². The minimum absolute atomic E-state index is 0.0861. The maximum Gasteiger partial charge on any atom is 0.417 e. The monoisotopic (exact) mass is 330 g/mol. The topological polar surface area (TPSA) is 49.9 Å². The Kier molecular flexibility index (Phi) is 4.38. The highest BCUT2D eigenvalue weighted by atomic mass is 16.6. The van der Waals surface area contributed by atoms with E-state index in [-0.39, 0.29) is 23.8 Å². The van der Waals surface area contributed by atoms with Gasteiger partial charge in [0.05, 0.1) is 5.92 Å². The van der Waals surface area contributed by atoms with E-state index < -0.39 is 11.7 Å². The first-order chi connectivity index (χ1) is 11.3. The summed E-state index contributed by atoms with van der Waals surface area (Å²) in [5, 5.41) is 0. The van der Waals surface area contributed by atoms with Crippen LogP contribution in [0.2, 0.25) is 0 Å². The summed E-state index contributed by atoms with van der Waals surface area (Å²) in [4.78, 5) is 28.5. The van der Waals surface area contributed by atoms with Crippen molar-refractivity contribution in [3.63, 3.8) is 0 Å². The number of rotatable bonds is 2. The minimum Gasteiger partial charge on any atom is -0.443 e. The molecule has 0 saturated carbocycles. The Morgan fingerprint density at radius 2 is 1.83 bits per heavy atom. The van der Waals surface area contributed by atoms with Gasteiger partial charge in [-0.25, -0.2) is 9.69 Å². The maximum atomic E-state index is 12.6. The van der Waals surface area contributed by atoms with Gasteiger partial charge in [-0.2, -0.15) is 0 Å². The van der Waals surface area contributed by atoms with Gasteiger partial charge in [-0.15, -0.1) is 0 Å². The van der Waals surface area contributed by atoms with Gasteiger partial charge in [-0.3, -0.25) is 9.69 Å². The zero-order chi connectivity index (χ0) is 17.5. The van der Waals surface area contributed by atoms with Gasteiger partial charge in [0.1, 0.15) is 5.60 Å². The number of hydrogen-bond acceptors (Lipinski definition) is 4. The van der Waals surface area contributed by atoms with Crippen molar-refractivity contribution in [2.75, 3.05) is 19.6 Å². The molecule has 3 atom stereocenters. The Morgan fingerprint density at radius 3 is 2.42 bits per heavy atom. The highest BCUT2D eigenvalue weighted by Gasteiger charge is 2.49. The molecule has 0 aromatic heterocycles. The summed E-state index contributed by atoms with van der Waals surface area (Å²) in [5.74, 6) is 0.0249. The van der Waals surface area contributed by atoms with Crippen LogP contribution in [0.5, 0.6) is 0 Å². The molecule has 2 aliphatic heterocycles. The van der Waals surface area contributed by atoms with Gasteiger partial charge in [0.15, 0.2) is 0 Å². The van der Waals surface area contributed by atoms with Crippen LogP contribution in [0.25, 0.3) is 0 Å². The molecule has 1 aromatic carbocycles. The number of carbonyl (C=O) groups excluding carboxylic acids is 2. The highest BCUT2D eigenvalue weighted by molar-refractivity contribution is 5.95. The van der Waals surface area contributed by atoms with E-state index in [1.807, 2.05) is 39.0 Å². The molecule has 0 bridgehead atoms. The van der Waals surface area contributed by atoms with Gasteiger partial charge in [0, 0.05) is 31.6 Å². The summed E-state index contributed by atoms with van der Waals surface area (Å²) in [7, 11) is 0. The second-order valence-corrected chi connectivity index (χ2v) is 7.84. The van der Waals surface area contributed by atoms with Gasteiger partial charge in [0.2, 0.25) is 5.91 Å². The van der Waals surface area contributed by atoms with Gasteiger partial charge >= 0.3 is 6.09 Å². The predicted molar refractivity (Wildman–Crippen MR) is 91.4 cm³/mol. The molecule has 24 heavy (non-hydrogen) atoms. The van der Waals surface area contributed by atoms with E-state index in [0.717, 1.165) is 6.54 Å². The molecular formula is C19H26N2O3. The molecule has 5 heteroatoms. The quantitative estimate of drug-likeness (QED) is 0.836. The molecule has 3 rings (SSSR count). The SMILES string of the molecule is C[C@H](c1ccccc1)N1CC2CN(C(=O)OC(C)(C)C)C(=O)C2C1. The van der Waals surface area contributed by atoms with Crippen molar-refractivity contribution < 1.29 is 14.3 Å². The van der Waals surface area contributed by atoms with E-state index in [4.69, 9.17) is 4.74 Å². The van der Waals surface area contributed by atoms with Crippen LogP contribution in [0.15, 0.2) is 30.3 Å². The van der Waals surface area contributed by atoms with Crippen molar-refractivity contribution in [3.05, 3.63) is 35.9 Å². The first-order valence-corrected chi connectivity index (χ1v) is 8.59. The fourth-order valence-electron chi connectivity index (χ4n) is 3.63. The third-order valence-corrected chi connectivity index (χ3v) is 4.91. The Hall–Kier alpha value is -1.88. The van der Waals surface area contributed by atoms with Crippen LogP contribution in [0.4, 0.5) is 4.79 Å². The average molecular weight is 330 g/mol. The first kappa shape index (κ1) is 17.0. The van der Waals surface area contributed by atoms with Gasteiger partial charge in [-0.05, 0) is 33.3 Å². The van der Waals surface area contributed by atoms with E-state index in [9.17, 15) is 9.59 Å². The molecule has 2 amide bonds. The molecule has 1 aromatic rings. The molecule has 2 heterocycles. The predicted octanol–water partition coefficient (Wildman–Crippen LogP) is 3.07. The van der Waals surface area contributed by atoms with Crippen LogP contribution in [0.3, 0.4) is 0 Å². The standard InChI is InChI=1S/C19H26N2O3/c1-13(14-8-6-5-7-9-14)20-10-15-11-21(17(22)16(15)12-20)18(23)24-19(2,3)4/h5-9,13,15-16H,10-12H2,1-4H3/t13-,15?,16?/m1/s1. The summed E-state index contributed by atoms with van der Waals surface area (Å²) < 4.78 is 5.35. The average Bonchev–Trinajstić information content (AvgIpc) is 3.06. The third-order valence-electron chi connectivity index (χ3n) is 4.91. The number of likely N-dealkylation sites (tertiary alicyclic amines) is 2. The number of nitrogens with zero attached hydrogens (tertiary/aromatic N) is 2. The number of fused-ring (bicyclic) bond motifs is 1. The van der Waals surface area contributed by atoms with Crippen LogP contribution in [-0.2, 0) is 9.53 Å². The molecule has 2 unspecified atom stereocenters. The van der Waals surface area contributed by atoms with E-state index in [0.29, 0.717) is 13.1 Å². The van der Waals surface area contributed by atoms with Crippen molar-refractivity contribution >= 4 is 12.0 Å². The molecule has 2 fully saturated rings. The van der Waals surface area contributed by atoms with Crippen molar-refractivity contribution in [1.29, 1.82) is 0 Å². The van der Waals surface area contributed by atoms with Crippen molar-refractivity contribution in [3.8, 4) is 0 Å². The second kappa shape index (κ2) is 6.20. The number of carbonyl (C=O) groups is 2. The molecule has 2 saturated heterocycles. The van der Waals surface area contributed by atoms with E-state index in [1.165, 1.54) is 10.5 Å². The normalized spacial score (nSPS) is 25.7. The lowest BCUT2D eigenvalue weighted by Gasteiger charge is -2.27. The number of ether oxygens (including phenoxy) is 1. The molecule has 0 aliphatic carbocycles. The van der Waals surface area contributed by atoms with Gasteiger partial charge < -0.3 is 4.74 Å². The Balaban J connectivity index is 1.64. The number of benzene rings is 1. The molecular weight excluding hydrogens is 304 g/mol. The number of amides is 2. The molecule has 0 radical (unpaired) electrons. The van der Waals surface area contributed by atoms with E-state index >= 15 is 0 Å². The number of hydrogen-bond donors (Lipinski definition) is 0. The fraction of sp³-hybridized carbons (Fsp3) is 0.579. The van der Waals surface area contributed by atoms with Crippen molar-refractivity contribution in [1.82, 2.24) is 9.80 Å². The van der Waals surface area contributed by atoms with E-state index in [1.54, 1.807) is 0 Å². The Morgan fingerprint density at radius 1 is 1.17 bits per heavy atom.